The van der Waals surface area contributed by atoms with Crippen molar-refractivity contribution in [1.82, 2.24) is 19.7 Å². The Bertz CT molecular complexity index is 757. The topological polar surface area (TPSA) is 88.3 Å². The van der Waals surface area contributed by atoms with Crippen LogP contribution in [0.15, 0.2) is 11.4 Å². The van der Waals surface area contributed by atoms with Gasteiger partial charge in [0.1, 0.15) is 11.9 Å². The minimum Gasteiger partial charge on any atom is -0.480 e. The van der Waals surface area contributed by atoms with E-state index in [1.807, 2.05) is 11.4 Å². The van der Waals surface area contributed by atoms with E-state index in [4.69, 9.17) is 11.6 Å². The number of thiophene rings is 1. The second kappa shape index (κ2) is 6.29. The molecule has 0 spiro atoms. The first-order valence-corrected chi connectivity index (χ1v) is 8.35. The van der Waals surface area contributed by atoms with E-state index in [0.29, 0.717) is 23.1 Å². The number of carbonyl (C=O) groups is 2. The summed E-state index contributed by atoms with van der Waals surface area (Å²) < 4.78 is 1.75. The Morgan fingerprint density at radius 1 is 1.48 bits per heavy atom. The summed E-state index contributed by atoms with van der Waals surface area (Å²) in [7, 11) is 0. The number of halogens is 1. The van der Waals surface area contributed by atoms with Crippen LogP contribution in [-0.2, 0) is 29.1 Å². The minimum absolute atomic E-state index is 0.168. The molecular formula is C14H15ClN4O3S. The van der Waals surface area contributed by atoms with E-state index in [2.05, 4.69) is 10.2 Å². The molecule has 0 aliphatic carbocycles. The van der Waals surface area contributed by atoms with E-state index in [1.165, 1.54) is 16.2 Å². The molecule has 1 aliphatic heterocycles. The number of aryl methyl sites for hydroxylation is 2. The quantitative estimate of drug-likeness (QED) is 0.903. The van der Waals surface area contributed by atoms with Crippen LogP contribution in [0.2, 0.25) is 5.02 Å². The molecule has 122 valence electrons. The van der Waals surface area contributed by atoms with Gasteiger partial charge in [-0.1, -0.05) is 11.6 Å². The summed E-state index contributed by atoms with van der Waals surface area (Å²) >= 11 is 7.36. The van der Waals surface area contributed by atoms with E-state index in [-0.39, 0.29) is 25.4 Å². The van der Waals surface area contributed by atoms with Crippen molar-refractivity contribution in [3.05, 3.63) is 33.0 Å². The largest absolute Gasteiger partial charge is 0.480 e. The number of carboxylic acids is 1. The molecule has 0 saturated carbocycles. The first-order valence-electron chi connectivity index (χ1n) is 7.09. The lowest BCUT2D eigenvalue weighted by molar-refractivity contribution is -0.152. The van der Waals surface area contributed by atoms with Crippen molar-refractivity contribution in [2.24, 2.45) is 0 Å². The van der Waals surface area contributed by atoms with Crippen molar-refractivity contribution in [2.75, 3.05) is 0 Å². The molecule has 1 N–H and O–H groups in total. The third-order valence-electron chi connectivity index (χ3n) is 3.87. The van der Waals surface area contributed by atoms with E-state index in [9.17, 15) is 14.7 Å². The summed E-state index contributed by atoms with van der Waals surface area (Å²) in [6.45, 7) is 2.12. The van der Waals surface area contributed by atoms with Gasteiger partial charge in [-0.25, -0.2) is 4.79 Å². The Kier molecular flexibility index (Phi) is 4.36. The number of hydrogen-bond acceptors (Lipinski definition) is 5. The molecule has 9 heteroatoms. The van der Waals surface area contributed by atoms with Crippen LogP contribution in [0.1, 0.15) is 22.9 Å². The predicted octanol–water partition coefficient (Wildman–Crippen LogP) is 1.73. The normalized spacial score (nSPS) is 17.1. The standard InChI is InChI=1S/C14H15ClN4O3S/c1-8-16-17-12-6-19(11(14(21)22)5-18(8)12)13(20)3-2-10-4-9(15)7-23-10/h4,7,11H,2-3,5-6H2,1H3,(H,21,22). The molecule has 0 radical (unpaired) electrons. The number of carbonyl (C=O) groups excluding carboxylic acids is 1. The van der Waals surface area contributed by atoms with Crippen LogP contribution < -0.4 is 0 Å². The van der Waals surface area contributed by atoms with Crippen molar-refractivity contribution < 1.29 is 14.7 Å². The molecule has 1 unspecified atom stereocenters. The number of fused-ring (bicyclic) bond motifs is 1. The SMILES string of the molecule is Cc1nnc2n1CC(C(=O)O)N(C(=O)CCc1cc(Cl)cs1)C2. The van der Waals surface area contributed by atoms with E-state index in [1.54, 1.807) is 11.5 Å². The fraction of sp³-hybridized carbons (Fsp3) is 0.429. The maximum Gasteiger partial charge on any atom is 0.328 e. The summed E-state index contributed by atoms with van der Waals surface area (Å²) in [5.74, 6) is 0.0594. The van der Waals surface area contributed by atoms with E-state index < -0.39 is 12.0 Å². The predicted molar refractivity (Wildman–Crippen MR) is 84.4 cm³/mol. The molecule has 7 nitrogen and oxygen atoms in total. The highest BCUT2D eigenvalue weighted by Crippen LogP contribution is 2.23. The number of aromatic nitrogens is 3. The van der Waals surface area contributed by atoms with Gasteiger partial charge in [0, 0.05) is 16.7 Å². The van der Waals surface area contributed by atoms with Gasteiger partial charge in [0.25, 0.3) is 0 Å². The Morgan fingerprint density at radius 2 is 2.26 bits per heavy atom. The van der Waals surface area contributed by atoms with Crippen molar-refractivity contribution in [2.45, 2.75) is 38.9 Å². The summed E-state index contributed by atoms with van der Waals surface area (Å²) in [5, 5.41) is 19.9. The van der Waals surface area contributed by atoms with Gasteiger partial charge in [-0.3, -0.25) is 4.79 Å². The molecule has 23 heavy (non-hydrogen) atoms. The molecule has 0 fully saturated rings. The molecule has 2 aromatic heterocycles. The third kappa shape index (κ3) is 3.23. The van der Waals surface area contributed by atoms with Crippen LogP contribution in [0.3, 0.4) is 0 Å². The zero-order valence-corrected chi connectivity index (χ0v) is 14.0. The summed E-state index contributed by atoms with van der Waals surface area (Å²) in [5.41, 5.74) is 0. The molecular weight excluding hydrogens is 340 g/mol. The molecule has 0 bridgehead atoms. The van der Waals surface area contributed by atoms with Gasteiger partial charge in [0.15, 0.2) is 5.82 Å². The van der Waals surface area contributed by atoms with Crippen molar-refractivity contribution in [3.63, 3.8) is 0 Å². The van der Waals surface area contributed by atoms with Crippen LogP contribution in [0.4, 0.5) is 0 Å². The van der Waals surface area contributed by atoms with Crippen molar-refractivity contribution >= 4 is 34.8 Å². The monoisotopic (exact) mass is 354 g/mol. The Balaban J connectivity index is 1.74. The molecule has 0 aromatic carbocycles. The van der Waals surface area contributed by atoms with Crippen LogP contribution in [0, 0.1) is 6.92 Å². The highest BCUT2D eigenvalue weighted by atomic mass is 35.5. The molecule has 1 atom stereocenters. The van der Waals surface area contributed by atoms with Gasteiger partial charge < -0.3 is 14.6 Å². The number of amides is 1. The van der Waals surface area contributed by atoms with Crippen LogP contribution in [-0.4, -0.2) is 42.7 Å². The highest BCUT2D eigenvalue weighted by Gasteiger charge is 2.36. The minimum atomic E-state index is -1.02. The summed E-state index contributed by atoms with van der Waals surface area (Å²) in [6, 6.07) is 0.932. The number of carboxylic acid groups (broad SMARTS) is 1. The van der Waals surface area contributed by atoms with Crippen molar-refractivity contribution in [1.29, 1.82) is 0 Å². The van der Waals surface area contributed by atoms with Gasteiger partial charge in [0.2, 0.25) is 5.91 Å². The first kappa shape index (κ1) is 15.9. The van der Waals surface area contributed by atoms with Crippen LogP contribution in [0.5, 0.6) is 0 Å². The van der Waals surface area contributed by atoms with Gasteiger partial charge in [0.05, 0.1) is 18.1 Å². The zero-order chi connectivity index (χ0) is 16.6. The first-order chi connectivity index (χ1) is 11.0. The Morgan fingerprint density at radius 3 is 2.91 bits per heavy atom. The molecule has 2 aromatic rings. The fourth-order valence-corrected chi connectivity index (χ4v) is 3.72. The second-order valence-electron chi connectivity index (χ2n) is 5.38. The lowest BCUT2D eigenvalue weighted by Crippen LogP contribution is -2.50. The molecule has 1 amide bonds. The highest BCUT2D eigenvalue weighted by molar-refractivity contribution is 7.10. The second-order valence-corrected chi connectivity index (χ2v) is 6.81. The lowest BCUT2D eigenvalue weighted by atomic mass is 10.1. The molecule has 1 aliphatic rings. The number of hydrogen-bond donors (Lipinski definition) is 1. The fourth-order valence-electron chi connectivity index (χ4n) is 2.65. The van der Waals surface area contributed by atoms with Gasteiger partial charge in [-0.2, -0.15) is 0 Å². The van der Waals surface area contributed by atoms with Gasteiger partial charge in [-0.05, 0) is 19.4 Å². The smallest absolute Gasteiger partial charge is 0.328 e. The average molecular weight is 355 g/mol. The summed E-state index contributed by atoms with van der Waals surface area (Å²) in [4.78, 5) is 26.4. The number of aliphatic carboxylic acids is 1. The van der Waals surface area contributed by atoms with Gasteiger partial charge in [-0.15, -0.1) is 21.5 Å². The van der Waals surface area contributed by atoms with Crippen molar-refractivity contribution in [3.8, 4) is 0 Å². The van der Waals surface area contributed by atoms with Crippen LogP contribution in [0.25, 0.3) is 0 Å². The third-order valence-corrected chi connectivity index (χ3v) is 5.21. The lowest BCUT2D eigenvalue weighted by Gasteiger charge is -2.33. The molecule has 0 saturated heterocycles. The number of rotatable bonds is 4. The number of nitrogens with zero attached hydrogens (tertiary/aromatic N) is 4. The zero-order valence-electron chi connectivity index (χ0n) is 12.4. The average Bonchev–Trinajstić information content (AvgIpc) is 3.09. The Hall–Kier alpha value is -1.93. The maximum atomic E-state index is 12.5. The molecule has 3 heterocycles. The van der Waals surface area contributed by atoms with Crippen LogP contribution >= 0.6 is 22.9 Å². The Labute approximate surface area is 141 Å². The van der Waals surface area contributed by atoms with E-state index in [0.717, 1.165) is 4.88 Å². The molecule has 3 rings (SSSR count). The van der Waals surface area contributed by atoms with E-state index >= 15 is 0 Å². The van der Waals surface area contributed by atoms with Gasteiger partial charge >= 0.3 is 5.97 Å². The maximum absolute atomic E-state index is 12.5. The summed E-state index contributed by atoms with van der Waals surface area (Å²) in [6.07, 6.45) is 0.790.